The third-order valence-electron chi connectivity index (χ3n) is 9.65. The highest BCUT2D eigenvalue weighted by Gasteiger charge is 2.51. The van der Waals surface area contributed by atoms with Crippen LogP contribution in [0.2, 0.25) is 0 Å². The molecular weight excluding hydrogens is 870 g/mol. The number of carbonyl (C=O) groups is 3. The van der Waals surface area contributed by atoms with Crippen molar-refractivity contribution in [3.8, 4) is 5.75 Å². The number of likely N-dealkylation sites (tertiary alicyclic amines) is 1. The van der Waals surface area contributed by atoms with Gasteiger partial charge in [0.1, 0.15) is 4.90 Å². The van der Waals surface area contributed by atoms with Crippen molar-refractivity contribution in [2.75, 3.05) is 6.61 Å². The lowest BCUT2D eigenvalue weighted by Gasteiger charge is -2.40. The molecule has 1 heterocycles. The summed E-state index contributed by atoms with van der Waals surface area (Å²) in [5.41, 5.74) is -5.50. The second-order valence-electron chi connectivity index (χ2n) is 18.5. The normalized spacial score (nSPS) is 18.9. The second-order valence-corrected chi connectivity index (χ2v) is 25.4. The monoisotopic (exact) mass is 932 g/mol. The summed E-state index contributed by atoms with van der Waals surface area (Å²) in [5.74, 6) is -3.56. The lowest BCUT2D eigenvalue weighted by Crippen LogP contribution is -2.50. The fourth-order valence-electron chi connectivity index (χ4n) is 6.66. The molecule has 2 amide bonds. The summed E-state index contributed by atoms with van der Waals surface area (Å²) in [6.07, 6.45) is 0.365. The fraction of sp³-hybridized carbons (Fsp3) is 0.757. The minimum atomic E-state index is -4.78. The number of phosphoric acid groups is 1. The first-order chi connectivity index (χ1) is 26.7. The Labute approximate surface area is 357 Å². The molecule has 1 saturated heterocycles. The van der Waals surface area contributed by atoms with Crippen molar-refractivity contribution in [3.63, 3.8) is 0 Å². The molecule has 1 aliphatic rings. The molecule has 0 aliphatic carbocycles. The van der Waals surface area contributed by atoms with Crippen LogP contribution in [-0.4, -0.2) is 94.7 Å². The van der Waals surface area contributed by atoms with E-state index in [1.807, 2.05) is 0 Å². The van der Waals surface area contributed by atoms with Crippen LogP contribution in [0.25, 0.3) is 0 Å². The van der Waals surface area contributed by atoms with Crippen molar-refractivity contribution in [3.05, 3.63) is 28.3 Å². The van der Waals surface area contributed by atoms with Crippen molar-refractivity contribution >= 4 is 60.8 Å². The van der Waals surface area contributed by atoms with E-state index >= 15 is 0 Å². The van der Waals surface area contributed by atoms with E-state index in [4.69, 9.17) is 23.0 Å². The highest BCUT2D eigenvalue weighted by molar-refractivity contribution is 8.02. The lowest BCUT2D eigenvalue weighted by atomic mass is 9.90. The molecule has 0 radical (unpaired) electrons. The zero-order valence-electron chi connectivity index (χ0n) is 36.8. The van der Waals surface area contributed by atoms with E-state index < -0.39 is 108 Å². The van der Waals surface area contributed by atoms with Gasteiger partial charge in [-0.1, -0.05) is 27.7 Å². The maximum Gasteiger partial charge on any atom is 0.473 e. The van der Waals surface area contributed by atoms with Crippen LogP contribution in [0.15, 0.2) is 23.1 Å². The van der Waals surface area contributed by atoms with E-state index in [2.05, 4.69) is 0 Å². The van der Waals surface area contributed by atoms with E-state index in [9.17, 15) is 56.4 Å². The van der Waals surface area contributed by atoms with Crippen molar-refractivity contribution in [1.29, 1.82) is 0 Å². The van der Waals surface area contributed by atoms with Crippen LogP contribution in [0.4, 0.5) is 5.69 Å². The van der Waals surface area contributed by atoms with E-state index in [1.165, 1.54) is 32.5 Å². The van der Waals surface area contributed by atoms with Crippen LogP contribution >= 0.6 is 27.2 Å². The van der Waals surface area contributed by atoms with E-state index in [0.29, 0.717) is 12.5 Å². The standard InChI is InChI=1S/C37H62N2O17P2S2/c1-15-33(5,6)55-58(47,48)56-34(7,8)18-19-52-37(13,14)57(45,46)54-35(9,10)23-36(11,12)59-28-21-29(40)38(30(28)41)32(3,4)22-24(2)31(42)53-27-17-16-25(60(49,50)51)20-26(27)39(43)44/h16-17,20,24,28H,15,18-19,21-23H2,1-14H3,(H,45,46)(H,47,48)(H,49,50,51). The van der Waals surface area contributed by atoms with Gasteiger partial charge in [-0.3, -0.25) is 47.6 Å². The molecule has 0 saturated carbocycles. The lowest BCUT2D eigenvalue weighted by molar-refractivity contribution is -0.385. The number of esters is 1. The number of nitrogens with zero attached hydrogens (tertiary/aromatic N) is 2. The SMILES string of the molecule is CCC(C)(C)OP(=O)(O)OC(C)(C)CCOC(C)(C)P(=O)(O)OC(C)(C)CC(C)(C)SC1CC(=O)N(C(C)(C)CC(C)C(=O)Oc2ccc(S(=O)(=O)O)cc2[N+](=O)[O-])C1=O. The topological polar surface area (TPSA) is 273 Å². The summed E-state index contributed by atoms with van der Waals surface area (Å²) in [7, 11) is -13.8. The molecule has 0 bridgehead atoms. The highest BCUT2D eigenvalue weighted by atomic mass is 32.2. The summed E-state index contributed by atoms with van der Waals surface area (Å²) in [4.78, 5) is 72.6. The smallest absolute Gasteiger partial charge is 0.419 e. The van der Waals surface area contributed by atoms with Crippen molar-refractivity contribution < 1.29 is 74.2 Å². The first-order valence-electron chi connectivity index (χ1n) is 19.1. The molecule has 2 rings (SSSR count). The molecule has 60 heavy (non-hydrogen) atoms. The van der Waals surface area contributed by atoms with Gasteiger partial charge in [0.15, 0.2) is 5.34 Å². The van der Waals surface area contributed by atoms with Gasteiger partial charge in [0.05, 0.1) is 39.5 Å². The predicted molar refractivity (Wildman–Crippen MR) is 223 cm³/mol. The van der Waals surface area contributed by atoms with Crippen LogP contribution in [0.5, 0.6) is 5.75 Å². The van der Waals surface area contributed by atoms with Crippen LogP contribution in [-0.2, 0) is 51.9 Å². The average Bonchev–Trinajstić information content (AvgIpc) is 3.29. The quantitative estimate of drug-likeness (QED) is 0.0179. The van der Waals surface area contributed by atoms with E-state index in [-0.39, 0.29) is 32.3 Å². The molecule has 4 atom stereocenters. The van der Waals surface area contributed by atoms with Gasteiger partial charge in [0.25, 0.3) is 10.1 Å². The Morgan fingerprint density at radius 1 is 0.967 bits per heavy atom. The van der Waals surface area contributed by atoms with Gasteiger partial charge in [-0.25, -0.2) is 4.57 Å². The largest absolute Gasteiger partial charge is 0.473 e. The number of amides is 2. The first-order valence-corrected chi connectivity index (χ1v) is 24.5. The Morgan fingerprint density at radius 2 is 1.52 bits per heavy atom. The van der Waals surface area contributed by atoms with Gasteiger partial charge in [-0.2, -0.15) is 8.42 Å². The minimum Gasteiger partial charge on any atom is -0.419 e. The van der Waals surface area contributed by atoms with Gasteiger partial charge in [-0.05, 0) is 107 Å². The fourth-order valence-corrected chi connectivity index (χ4v) is 11.5. The van der Waals surface area contributed by atoms with Gasteiger partial charge in [-0.15, -0.1) is 11.8 Å². The number of nitro groups is 1. The maximum absolute atomic E-state index is 13.8. The van der Waals surface area contributed by atoms with Crippen LogP contribution in [0.3, 0.4) is 0 Å². The number of hydrogen-bond donors (Lipinski definition) is 3. The summed E-state index contributed by atoms with van der Waals surface area (Å²) in [5, 5.41) is 8.98. The number of imide groups is 1. The average molecular weight is 933 g/mol. The number of rotatable bonds is 23. The number of phosphoric ester groups is 1. The molecule has 3 N–H and O–H groups in total. The van der Waals surface area contributed by atoms with Crippen LogP contribution < -0.4 is 4.74 Å². The van der Waals surface area contributed by atoms with Gasteiger partial charge < -0.3 is 23.8 Å². The first kappa shape index (κ1) is 53.8. The Hall–Kier alpha value is -2.29. The third kappa shape index (κ3) is 15.2. The number of carbonyl (C=O) groups excluding carboxylic acids is 3. The number of nitro benzene ring substituents is 1. The minimum absolute atomic E-state index is 0.0517. The zero-order chi connectivity index (χ0) is 46.9. The third-order valence-corrected chi connectivity index (χ3v) is 15.6. The zero-order valence-corrected chi connectivity index (χ0v) is 40.2. The van der Waals surface area contributed by atoms with Crippen molar-refractivity contribution in [2.45, 2.75) is 172 Å². The molecule has 1 fully saturated rings. The van der Waals surface area contributed by atoms with Crippen LogP contribution in [0.1, 0.15) is 129 Å². The van der Waals surface area contributed by atoms with Crippen molar-refractivity contribution in [2.24, 2.45) is 5.92 Å². The Morgan fingerprint density at radius 3 is 2.03 bits per heavy atom. The number of hydrogen-bond acceptors (Lipinski definition) is 15. The van der Waals surface area contributed by atoms with Crippen molar-refractivity contribution in [1.82, 2.24) is 4.90 Å². The summed E-state index contributed by atoms with van der Waals surface area (Å²) in [6.45, 7) is 22.3. The van der Waals surface area contributed by atoms with E-state index in [1.54, 1.807) is 76.2 Å². The molecule has 344 valence electrons. The van der Waals surface area contributed by atoms with Gasteiger partial charge >= 0.3 is 27.1 Å². The van der Waals surface area contributed by atoms with E-state index in [0.717, 1.165) is 17.0 Å². The Kier molecular flexibility index (Phi) is 16.9. The summed E-state index contributed by atoms with van der Waals surface area (Å²) >= 11 is 1.18. The molecule has 0 aromatic heterocycles. The summed E-state index contributed by atoms with van der Waals surface area (Å²) < 4.78 is 85.3. The number of thioether (sulfide) groups is 1. The predicted octanol–water partition coefficient (Wildman–Crippen LogP) is 7.81. The Bertz CT molecular complexity index is 2000. The molecule has 1 aromatic carbocycles. The molecule has 1 aliphatic heterocycles. The number of ether oxygens (including phenoxy) is 2. The highest BCUT2D eigenvalue weighted by Crippen LogP contribution is 2.60. The second kappa shape index (κ2) is 18.8. The molecule has 4 unspecified atom stereocenters. The van der Waals surface area contributed by atoms with Gasteiger partial charge in [0, 0.05) is 22.8 Å². The molecular formula is C37H62N2O17P2S2. The molecule has 19 nitrogen and oxygen atoms in total. The molecule has 0 spiro atoms. The number of benzene rings is 1. The summed E-state index contributed by atoms with van der Waals surface area (Å²) in [6, 6.07) is 2.24. The molecule has 1 aromatic rings. The Balaban J connectivity index is 2.08. The van der Waals surface area contributed by atoms with Crippen LogP contribution in [0, 0.1) is 16.0 Å². The van der Waals surface area contributed by atoms with Gasteiger partial charge in [0.2, 0.25) is 17.6 Å². The molecule has 23 heteroatoms. The maximum atomic E-state index is 13.8.